The highest BCUT2D eigenvalue weighted by molar-refractivity contribution is 5.79. The molecule has 0 saturated carbocycles. The van der Waals surface area contributed by atoms with Gasteiger partial charge in [-0.05, 0) is 42.9 Å². The Balaban J connectivity index is 1.55. The Morgan fingerprint density at radius 1 is 1.11 bits per heavy atom. The minimum Gasteiger partial charge on any atom is -0.493 e. The van der Waals surface area contributed by atoms with Gasteiger partial charge in [0.2, 0.25) is 5.91 Å². The molecular weight excluding hydrogens is 464 g/mol. The van der Waals surface area contributed by atoms with Crippen LogP contribution >= 0.6 is 0 Å². The van der Waals surface area contributed by atoms with E-state index in [4.69, 9.17) is 14.2 Å². The average molecular weight is 505 g/mol. The summed E-state index contributed by atoms with van der Waals surface area (Å²) in [5, 5.41) is 19.7. The van der Waals surface area contributed by atoms with Crippen LogP contribution in [0.1, 0.15) is 56.1 Å². The zero-order chi connectivity index (χ0) is 25.5. The van der Waals surface area contributed by atoms with Crippen molar-refractivity contribution in [2.45, 2.75) is 63.7 Å². The summed E-state index contributed by atoms with van der Waals surface area (Å²) in [6, 6.07) is 5.70. The van der Waals surface area contributed by atoms with E-state index in [1.165, 1.54) is 0 Å². The number of aliphatic hydroxyl groups is 1. The van der Waals surface area contributed by atoms with Gasteiger partial charge >= 0.3 is 5.97 Å². The number of fused-ring (bicyclic) bond motifs is 1. The maximum Gasteiger partial charge on any atom is 0.308 e. The number of carbonyl (C=O) groups is 2. The fourth-order valence-corrected chi connectivity index (χ4v) is 5.75. The minimum absolute atomic E-state index is 0.0117. The molecule has 3 aliphatic rings. The molecular formula is C27H40N2O7. The third-order valence-electron chi connectivity index (χ3n) is 7.62. The van der Waals surface area contributed by atoms with E-state index in [-0.39, 0.29) is 37.3 Å². The molecule has 36 heavy (non-hydrogen) atoms. The van der Waals surface area contributed by atoms with Crippen molar-refractivity contribution in [3.8, 4) is 5.75 Å². The van der Waals surface area contributed by atoms with Crippen LogP contribution in [0.4, 0.5) is 0 Å². The van der Waals surface area contributed by atoms with Gasteiger partial charge in [-0.3, -0.25) is 14.5 Å². The largest absolute Gasteiger partial charge is 0.493 e. The monoisotopic (exact) mass is 504 g/mol. The highest BCUT2D eigenvalue weighted by Gasteiger charge is 2.47. The molecule has 2 saturated heterocycles. The lowest BCUT2D eigenvalue weighted by atomic mass is 9.83. The summed E-state index contributed by atoms with van der Waals surface area (Å²) in [5.41, 5.74) is 2.10. The van der Waals surface area contributed by atoms with E-state index in [0.717, 1.165) is 36.1 Å². The van der Waals surface area contributed by atoms with Crippen LogP contribution in [-0.4, -0.2) is 96.8 Å². The third kappa shape index (κ3) is 6.37. The number of hydrogen-bond donors (Lipinski definition) is 2. The van der Waals surface area contributed by atoms with E-state index < -0.39 is 11.9 Å². The van der Waals surface area contributed by atoms with Gasteiger partial charge in [-0.15, -0.1) is 0 Å². The number of aliphatic carboxylic acids is 1. The fourth-order valence-electron chi connectivity index (χ4n) is 5.75. The van der Waals surface area contributed by atoms with Gasteiger partial charge in [0.25, 0.3) is 0 Å². The number of carboxylic acids is 1. The Morgan fingerprint density at radius 3 is 2.61 bits per heavy atom. The Bertz CT molecular complexity index is 881. The summed E-state index contributed by atoms with van der Waals surface area (Å²) in [6.07, 6.45) is 4.08. The van der Waals surface area contributed by atoms with Crippen LogP contribution in [0.5, 0.6) is 5.75 Å². The maximum absolute atomic E-state index is 13.4. The van der Waals surface area contributed by atoms with Crippen molar-refractivity contribution in [1.29, 1.82) is 0 Å². The normalized spacial score (nSPS) is 24.1. The summed E-state index contributed by atoms with van der Waals surface area (Å²) in [5.74, 6) is -0.840. The predicted octanol–water partition coefficient (Wildman–Crippen LogP) is 2.25. The number of rotatable bonds is 13. The highest BCUT2D eigenvalue weighted by Crippen LogP contribution is 2.41. The van der Waals surface area contributed by atoms with Crippen LogP contribution in [0.2, 0.25) is 0 Å². The van der Waals surface area contributed by atoms with Crippen molar-refractivity contribution in [3.63, 3.8) is 0 Å². The molecule has 1 amide bonds. The summed E-state index contributed by atoms with van der Waals surface area (Å²) in [7, 11) is 0. The molecule has 9 heteroatoms. The molecule has 1 unspecified atom stereocenters. The second-order valence-electron chi connectivity index (χ2n) is 9.99. The molecule has 2 N–H and O–H groups in total. The summed E-state index contributed by atoms with van der Waals surface area (Å²) < 4.78 is 16.9. The molecule has 3 heterocycles. The van der Waals surface area contributed by atoms with Gasteiger partial charge in [-0.1, -0.05) is 25.5 Å². The number of carbonyl (C=O) groups excluding carboxylic acids is 1. The van der Waals surface area contributed by atoms with Gasteiger partial charge in [0.15, 0.2) is 6.29 Å². The molecule has 1 aromatic carbocycles. The number of carboxylic acid groups (broad SMARTS) is 1. The topological polar surface area (TPSA) is 109 Å². The fraction of sp³-hybridized carbons (Fsp3) is 0.704. The molecule has 1 aromatic rings. The maximum atomic E-state index is 13.4. The molecule has 3 aliphatic heterocycles. The van der Waals surface area contributed by atoms with E-state index >= 15 is 0 Å². The van der Waals surface area contributed by atoms with Gasteiger partial charge in [0.1, 0.15) is 5.75 Å². The smallest absolute Gasteiger partial charge is 0.308 e. The van der Waals surface area contributed by atoms with Gasteiger partial charge < -0.3 is 29.3 Å². The Hall–Kier alpha value is -2.20. The van der Waals surface area contributed by atoms with Crippen molar-refractivity contribution in [1.82, 2.24) is 9.80 Å². The van der Waals surface area contributed by atoms with Crippen LogP contribution in [0, 0.1) is 5.92 Å². The third-order valence-corrected chi connectivity index (χ3v) is 7.62. The van der Waals surface area contributed by atoms with E-state index in [1.807, 2.05) is 17.0 Å². The molecule has 3 atom stereocenters. The molecule has 4 rings (SSSR count). The van der Waals surface area contributed by atoms with Gasteiger partial charge in [-0.2, -0.15) is 0 Å². The van der Waals surface area contributed by atoms with Crippen LogP contribution in [-0.2, 0) is 25.5 Å². The first kappa shape index (κ1) is 26.9. The number of unbranched alkanes of at least 4 members (excludes halogenated alkanes) is 1. The molecule has 0 radical (unpaired) electrons. The number of hydrogen-bond acceptors (Lipinski definition) is 7. The molecule has 0 bridgehead atoms. The lowest BCUT2D eigenvalue weighted by Crippen LogP contribution is -2.45. The lowest BCUT2D eigenvalue weighted by molar-refractivity contribution is -0.144. The second-order valence-corrected chi connectivity index (χ2v) is 9.99. The number of aliphatic hydroxyl groups excluding tert-OH is 1. The Morgan fingerprint density at radius 2 is 1.89 bits per heavy atom. The minimum atomic E-state index is -0.840. The molecule has 200 valence electrons. The van der Waals surface area contributed by atoms with Crippen molar-refractivity contribution in [2.75, 3.05) is 52.6 Å². The van der Waals surface area contributed by atoms with E-state index in [9.17, 15) is 19.8 Å². The molecule has 0 aromatic heterocycles. The number of amides is 1. The van der Waals surface area contributed by atoms with Gasteiger partial charge in [0.05, 0.1) is 32.3 Å². The van der Waals surface area contributed by atoms with Crippen molar-refractivity contribution < 1.29 is 34.0 Å². The number of nitrogens with zero attached hydrogens (tertiary/aromatic N) is 2. The zero-order valence-corrected chi connectivity index (χ0v) is 21.3. The molecule has 0 aliphatic carbocycles. The van der Waals surface area contributed by atoms with Crippen LogP contribution in [0.3, 0.4) is 0 Å². The molecule has 0 spiro atoms. The second kappa shape index (κ2) is 12.9. The first-order valence-electron chi connectivity index (χ1n) is 13.4. The van der Waals surface area contributed by atoms with Gasteiger partial charge in [-0.25, -0.2) is 0 Å². The predicted molar refractivity (Wildman–Crippen MR) is 133 cm³/mol. The van der Waals surface area contributed by atoms with Crippen molar-refractivity contribution in [2.24, 2.45) is 5.92 Å². The van der Waals surface area contributed by atoms with E-state index in [0.29, 0.717) is 58.7 Å². The standard InChI is InChI=1S/C27H40N2O7/c1-2-3-10-28(11-4-12-30)24(31)18-29-17-21(19-5-7-23-20(16-19)9-13-34-23)26(27(32)33)22(29)6-8-25-35-14-15-36-25/h5,7,16,21-22,25-26,30H,2-4,6,8-15,17-18H2,1H3,(H,32,33)/t21-,22+,26?/m1/s1. The van der Waals surface area contributed by atoms with Crippen LogP contribution in [0.15, 0.2) is 18.2 Å². The lowest BCUT2D eigenvalue weighted by Gasteiger charge is -2.30. The molecule has 9 nitrogen and oxygen atoms in total. The first-order valence-corrected chi connectivity index (χ1v) is 13.4. The van der Waals surface area contributed by atoms with Crippen molar-refractivity contribution in [3.05, 3.63) is 29.3 Å². The summed E-state index contributed by atoms with van der Waals surface area (Å²) >= 11 is 0. The van der Waals surface area contributed by atoms with E-state index in [2.05, 4.69) is 17.9 Å². The SMILES string of the molecule is CCCCN(CCCO)C(=O)CN1C[C@H](c2ccc3c(c2)CCO3)C(C(=O)O)[C@@H]1CCC1OCCO1. The number of ether oxygens (including phenoxy) is 3. The van der Waals surface area contributed by atoms with Gasteiger partial charge in [0, 0.05) is 44.6 Å². The number of benzene rings is 1. The Kier molecular flexibility index (Phi) is 9.59. The highest BCUT2D eigenvalue weighted by atomic mass is 16.7. The first-order chi connectivity index (χ1) is 17.5. The summed E-state index contributed by atoms with van der Waals surface area (Å²) in [6.45, 7) is 5.70. The summed E-state index contributed by atoms with van der Waals surface area (Å²) in [4.78, 5) is 29.9. The van der Waals surface area contributed by atoms with Crippen LogP contribution in [0.25, 0.3) is 0 Å². The molecule has 2 fully saturated rings. The zero-order valence-electron chi connectivity index (χ0n) is 21.3. The Labute approximate surface area is 213 Å². The average Bonchev–Trinajstić information content (AvgIpc) is 3.62. The van der Waals surface area contributed by atoms with E-state index in [1.54, 1.807) is 0 Å². The van der Waals surface area contributed by atoms with Crippen molar-refractivity contribution >= 4 is 11.9 Å². The number of likely N-dealkylation sites (tertiary alicyclic amines) is 1. The quantitative estimate of drug-likeness (QED) is 0.421. The van der Waals surface area contributed by atoms with Crippen LogP contribution < -0.4 is 4.74 Å².